The van der Waals surface area contributed by atoms with Gasteiger partial charge >= 0.3 is 5.97 Å². The van der Waals surface area contributed by atoms with Crippen molar-refractivity contribution in [3.63, 3.8) is 0 Å². The minimum atomic E-state index is -0.409. The van der Waals surface area contributed by atoms with Crippen LogP contribution < -0.4 is 5.32 Å². The first kappa shape index (κ1) is 12.7. The first-order chi connectivity index (χ1) is 5.74. The molecule has 0 spiro atoms. The molecule has 0 bridgehead atoms. The normalized spacial score (nSPS) is 27.5. The Labute approximate surface area is 84.1 Å². The lowest BCUT2D eigenvalue weighted by molar-refractivity contribution is -0.149. The molecule has 1 heterocycles. The van der Waals surface area contributed by atoms with Crippen molar-refractivity contribution < 1.29 is 14.6 Å². The van der Waals surface area contributed by atoms with Crippen LogP contribution in [0.4, 0.5) is 0 Å². The van der Waals surface area contributed by atoms with Crippen LogP contribution in [0.1, 0.15) is 13.3 Å². The Bertz CT molecular complexity index is 165. The minimum Gasteiger partial charge on any atom is -0.466 e. The van der Waals surface area contributed by atoms with Crippen molar-refractivity contribution in [1.82, 2.24) is 5.32 Å². The van der Waals surface area contributed by atoms with Crippen LogP contribution in [0.2, 0.25) is 0 Å². The summed E-state index contributed by atoms with van der Waals surface area (Å²) in [5, 5.41) is 12.2. The molecule has 1 fully saturated rings. The lowest BCUT2D eigenvalue weighted by Gasteiger charge is -2.24. The smallest absolute Gasteiger partial charge is 0.310 e. The molecule has 78 valence electrons. The number of piperidine rings is 1. The molecule has 2 unspecified atom stereocenters. The molecule has 0 aliphatic carbocycles. The van der Waals surface area contributed by atoms with E-state index in [1.807, 2.05) is 0 Å². The van der Waals surface area contributed by atoms with Crippen LogP contribution in [0.25, 0.3) is 0 Å². The fourth-order valence-corrected chi connectivity index (χ4v) is 1.36. The van der Waals surface area contributed by atoms with Crippen LogP contribution in [-0.4, -0.2) is 36.9 Å². The third kappa shape index (κ3) is 3.93. The monoisotopic (exact) mass is 209 g/mol. The van der Waals surface area contributed by atoms with E-state index in [2.05, 4.69) is 5.32 Å². The van der Waals surface area contributed by atoms with Crippen LogP contribution in [-0.2, 0) is 9.53 Å². The molecule has 2 atom stereocenters. The van der Waals surface area contributed by atoms with Crippen molar-refractivity contribution in [3.8, 4) is 0 Å². The predicted molar refractivity (Wildman–Crippen MR) is 50.9 cm³/mol. The summed E-state index contributed by atoms with van der Waals surface area (Å²) in [4.78, 5) is 11.2. The zero-order valence-corrected chi connectivity index (χ0v) is 8.47. The molecule has 1 aliphatic rings. The largest absolute Gasteiger partial charge is 0.466 e. The summed E-state index contributed by atoms with van der Waals surface area (Å²) < 4.78 is 4.84. The van der Waals surface area contributed by atoms with Crippen molar-refractivity contribution in [2.75, 3.05) is 19.7 Å². The molecule has 13 heavy (non-hydrogen) atoms. The molecule has 2 N–H and O–H groups in total. The summed E-state index contributed by atoms with van der Waals surface area (Å²) in [6, 6.07) is 0. The van der Waals surface area contributed by atoms with Crippen LogP contribution in [0, 0.1) is 5.92 Å². The molecule has 0 aromatic carbocycles. The minimum absolute atomic E-state index is 0. The number of hydrogen-bond acceptors (Lipinski definition) is 4. The van der Waals surface area contributed by atoms with Crippen LogP contribution in [0.15, 0.2) is 0 Å². The first-order valence-electron chi connectivity index (χ1n) is 4.29. The number of ether oxygens (including phenoxy) is 1. The Morgan fingerprint density at radius 3 is 2.85 bits per heavy atom. The topological polar surface area (TPSA) is 58.6 Å². The molecule has 0 amide bonds. The van der Waals surface area contributed by atoms with Crippen LogP contribution in [0.5, 0.6) is 0 Å². The summed E-state index contributed by atoms with van der Waals surface area (Å²) in [6.07, 6.45) is 0.111. The zero-order chi connectivity index (χ0) is 8.97. The van der Waals surface area contributed by atoms with Crippen molar-refractivity contribution in [2.24, 2.45) is 5.92 Å². The van der Waals surface area contributed by atoms with Crippen LogP contribution in [0.3, 0.4) is 0 Å². The molecule has 5 heteroatoms. The lowest BCUT2D eigenvalue weighted by Crippen LogP contribution is -2.42. The van der Waals surface area contributed by atoms with Crippen molar-refractivity contribution in [3.05, 3.63) is 0 Å². The van der Waals surface area contributed by atoms with Gasteiger partial charge in [-0.05, 0) is 13.3 Å². The van der Waals surface area contributed by atoms with Crippen molar-refractivity contribution >= 4 is 18.4 Å². The molecule has 1 rings (SSSR count). The number of hydrogen-bond donors (Lipinski definition) is 2. The molecule has 0 radical (unpaired) electrons. The Morgan fingerprint density at radius 1 is 1.62 bits per heavy atom. The molecular formula is C8H16ClNO3. The highest BCUT2D eigenvalue weighted by atomic mass is 35.5. The number of aliphatic hydroxyl groups is 1. The summed E-state index contributed by atoms with van der Waals surface area (Å²) in [7, 11) is 0. The number of aliphatic hydroxyl groups excluding tert-OH is 1. The average molecular weight is 210 g/mol. The maximum absolute atomic E-state index is 11.2. The van der Waals surface area contributed by atoms with E-state index in [1.54, 1.807) is 6.92 Å². The van der Waals surface area contributed by atoms with Gasteiger partial charge in [-0.3, -0.25) is 4.79 Å². The second-order valence-electron chi connectivity index (χ2n) is 3.00. The number of β-amino-alcohol motifs (C(OH)–C–C–N with tert-alkyl or cyclic N) is 1. The maximum Gasteiger partial charge on any atom is 0.310 e. The average Bonchev–Trinajstić information content (AvgIpc) is 2.05. The fourth-order valence-electron chi connectivity index (χ4n) is 1.36. The van der Waals surface area contributed by atoms with E-state index < -0.39 is 6.10 Å². The number of esters is 1. The van der Waals surface area contributed by atoms with E-state index >= 15 is 0 Å². The van der Waals surface area contributed by atoms with Crippen molar-refractivity contribution in [1.29, 1.82) is 0 Å². The van der Waals surface area contributed by atoms with E-state index in [-0.39, 0.29) is 24.3 Å². The summed E-state index contributed by atoms with van der Waals surface area (Å²) in [5.74, 6) is -0.377. The van der Waals surface area contributed by atoms with Gasteiger partial charge in [0.05, 0.1) is 18.6 Å². The second kappa shape index (κ2) is 6.18. The molecule has 0 saturated carbocycles. The van der Waals surface area contributed by atoms with E-state index in [0.717, 1.165) is 0 Å². The number of rotatable bonds is 2. The molecule has 1 aliphatic heterocycles. The highest BCUT2D eigenvalue weighted by Crippen LogP contribution is 2.11. The van der Waals surface area contributed by atoms with Gasteiger partial charge in [-0.25, -0.2) is 0 Å². The SMILES string of the molecule is CCOC(=O)C1CNCC(O)C1.Cl. The fraction of sp³-hybridized carbons (Fsp3) is 0.875. The van der Waals surface area contributed by atoms with Crippen LogP contribution >= 0.6 is 12.4 Å². The molecule has 1 saturated heterocycles. The van der Waals surface area contributed by atoms with Gasteiger partial charge in [-0.2, -0.15) is 0 Å². The van der Waals surface area contributed by atoms with E-state index in [0.29, 0.717) is 26.1 Å². The van der Waals surface area contributed by atoms with Gasteiger partial charge in [0, 0.05) is 13.1 Å². The van der Waals surface area contributed by atoms with E-state index in [4.69, 9.17) is 4.74 Å². The Morgan fingerprint density at radius 2 is 2.31 bits per heavy atom. The Balaban J connectivity index is 0.00000144. The summed E-state index contributed by atoms with van der Waals surface area (Å²) >= 11 is 0. The molecular weight excluding hydrogens is 194 g/mol. The third-order valence-corrected chi connectivity index (χ3v) is 1.95. The number of carbonyl (C=O) groups is 1. The third-order valence-electron chi connectivity index (χ3n) is 1.95. The van der Waals surface area contributed by atoms with Gasteiger partial charge in [0.2, 0.25) is 0 Å². The summed E-state index contributed by atoms with van der Waals surface area (Å²) in [5.41, 5.74) is 0. The molecule has 0 aromatic heterocycles. The van der Waals surface area contributed by atoms with Gasteiger partial charge in [-0.1, -0.05) is 0 Å². The van der Waals surface area contributed by atoms with Gasteiger partial charge in [-0.15, -0.1) is 12.4 Å². The van der Waals surface area contributed by atoms with Gasteiger partial charge in [0.15, 0.2) is 0 Å². The molecule has 0 aromatic rings. The second-order valence-corrected chi connectivity index (χ2v) is 3.00. The summed E-state index contributed by atoms with van der Waals surface area (Å²) in [6.45, 7) is 3.39. The van der Waals surface area contributed by atoms with Gasteiger partial charge in [0.1, 0.15) is 0 Å². The number of nitrogens with one attached hydrogen (secondary N) is 1. The quantitative estimate of drug-likeness (QED) is 0.626. The maximum atomic E-state index is 11.2. The van der Waals surface area contributed by atoms with Crippen molar-refractivity contribution in [2.45, 2.75) is 19.4 Å². The van der Waals surface area contributed by atoms with E-state index in [9.17, 15) is 9.90 Å². The predicted octanol–water partition coefficient (Wildman–Crippen LogP) is -0.0583. The standard InChI is InChI=1S/C8H15NO3.ClH/c1-2-12-8(11)6-3-7(10)5-9-4-6;/h6-7,9-10H,2-5H2,1H3;1H. The Kier molecular flexibility index (Phi) is 6.03. The van der Waals surface area contributed by atoms with Gasteiger partial charge < -0.3 is 15.2 Å². The lowest BCUT2D eigenvalue weighted by atomic mass is 9.98. The Hall–Kier alpha value is -0.320. The highest BCUT2D eigenvalue weighted by molar-refractivity contribution is 5.85. The number of carbonyl (C=O) groups excluding carboxylic acids is 1. The number of halogens is 1. The zero-order valence-electron chi connectivity index (χ0n) is 7.66. The first-order valence-corrected chi connectivity index (χ1v) is 4.29. The molecule has 4 nitrogen and oxygen atoms in total. The van der Waals surface area contributed by atoms with Gasteiger partial charge in [0.25, 0.3) is 0 Å². The van der Waals surface area contributed by atoms with E-state index in [1.165, 1.54) is 0 Å². The highest BCUT2D eigenvalue weighted by Gasteiger charge is 2.26.